The summed E-state index contributed by atoms with van der Waals surface area (Å²) in [5.41, 5.74) is 5.45. The summed E-state index contributed by atoms with van der Waals surface area (Å²) in [5.74, 6) is -0.320. The van der Waals surface area contributed by atoms with Crippen LogP contribution in [-0.2, 0) is 4.79 Å². The molecule has 0 aliphatic carbocycles. The Labute approximate surface area is 162 Å². The number of rotatable bonds is 4. The Morgan fingerprint density at radius 3 is 2.15 bits per heavy atom. The molecule has 0 fully saturated rings. The maximum absolute atomic E-state index is 12.7. The second-order valence-corrected chi connectivity index (χ2v) is 7.46. The van der Waals surface area contributed by atoms with Crippen molar-refractivity contribution in [3.8, 4) is 10.6 Å². The molecule has 3 rings (SSSR count). The SMILES string of the molecule is CC(=O)Nc1ccc(NC(=O)c2sc(-c3ccc(C)cc3C)nc2C)cc1. The first-order valence-electron chi connectivity index (χ1n) is 8.57. The normalized spacial score (nSPS) is 10.5. The Kier molecular flexibility index (Phi) is 5.37. The van der Waals surface area contributed by atoms with Crippen LogP contribution in [0.3, 0.4) is 0 Å². The molecule has 3 aromatic rings. The standard InChI is InChI=1S/C21H21N3O2S/c1-12-5-10-18(13(2)11-12)21-22-14(3)19(27-21)20(26)24-17-8-6-16(7-9-17)23-15(4)25/h5-11H,1-4H3,(H,23,25)(H,24,26). The number of aryl methyl sites for hydroxylation is 3. The summed E-state index contributed by atoms with van der Waals surface area (Å²) in [6.45, 7) is 7.41. The zero-order valence-electron chi connectivity index (χ0n) is 15.7. The van der Waals surface area contributed by atoms with Gasteiger partial charge >= 0.3 is 0 Å². The molecule has 0 saturated carbocycles. The topological polar surface area (TPSA) is 71.1 Å². The number of hydrogen-bond acceptors (Lipinski definition) is 4. The lowest BCUT2D eigenvalue weighted by Crippen LogP contribution is -2.11. The zero-order chi connectivity index (χ0) is 19.6. The van der Waals surface area contributed by atoms with Gasteiger partial charge in [-0.1, -0.05) is 23.8 Å². The summed E-state index contributed by atoms with van der Waals surface area (Å²) in [7, 11) is 0. The molecule has 0 aliphatic heterocycles. The van der Waals surface area contributed by atoms with Crippen LogP contribution < -0.4 is 10.6 Å². The molecule has 27 heavy (non-hydrogen) atoms. The second kappa shape index (κ2) is 7.72. The minimum Gasteiger partial charge on any atom is -0.326 e. The van der Waals surface area contributed by atoms with Crippen molar-refractivity contribution in [2.45, 2.75) is 27.7 Å². The lowest BCUT2D eigenvalue weighted by molar-refractivity contribution is -0.114. The Hall–Kier alpha value is -2.99. The Bertz CT molecular complexity index is 1010. The monoisotopic (exact) mass is 379 g/mol. The fourth-order valence-electron chi connectivity index (χ4n) is 2.80. The number of aromatic nitrogens is 1. The highest BCUT2D eigenvalue weighted by Crippen LogP contribution is 2.31. The van der Waals surface area contributed by atoms with Crippen molar-refractivity contribution in [2.75, 3.05) is 10.6 Å². The van der Waals surface area contributed by atoms with Gasteiger partial charge in [0.1, 0.15) is 9.88 Å². The van der Waals surface area contributed by atoms with Crippen LogP contribution in [0.5, 0.6) is 0 Å². The number of amides is 2. The Morgan fingerprint density at radius 1 is 0.926 bits per heavy atom. The van der Waals surface area contributed by atoms with Crippen molar-refractivity contribution in [1.29, 1.82) is 0 Å². The van der Waals surface area contributed by atoms with Gasteiger partial charge in [0.05, 0.1) is 5.69 Å². The van der Waals surface area contributed by atoms with Gasteiger partial charge in [-0.25, -0.2) is 4.98 Å². The minimum atomic E-state index is -0.187. The fourth-order valence-corrected chi connectivity index (χ4v) is 3.86. The number of anilines is 2. The number of thiazole rings is 1. The van der Waals surface area contributed by atoms with Gasteiger partial charge in [-0.05, 0) is 50.6 Å². The molecule has 5 nitrogen and oxygen atoms in total. The van der Waals surface area contributed by atoms with Crippen molar-refractivity contribution in [2.24, 2.45) is 0 Å². The number of carbonyl (C=O) groups excluding carboxylic acids is 2. The third-order valence-corrected chi connectivity index (χ3v) is 5.27. The van der Waals surface area contributed by atoms with Crippen LogP contribution in [0.2, 0.25) is 0 Å². The van der Waals surface area contributed by atoms with Crippen molar-refractivity contribution in [3.05, 3.63) is 64.2 Å². The van der Waals surface area contributed by atoms with Crippen molar-refractivity contribution < 1.29 is 9.59 Å². The maximum Gasteiger partial charge on any atom is 0.267 e. The predicted molar refractivity (Wildman–Crippen MR) is 110 cm³/mol. The van der Waals surface area contributed by atoms with E-state index in [1.807, 2.05) is 13.0 Å². The lowest BCUT2D eigenvalue weighted by atomic mass is 10.1. The zero-order valence-corrected chi connectivity index (χ0v) is 16.5. The van der Waals surface area contributed by atoms with E-state index in [4.69, 9.17) is 0 Å². The quantitative estimate of drug-likeness (QED) is 0.674. The average Bonchev–Trinajstić information content (AvgIpc) is 2.98. The first kappa shape index (κ1) is 18.8. The number of nitrogens with zero attached hydrogens (tertiary/aromatic N) is 1. The van der Waals surface area contributed by atoms with Gasteiger partial charge < -0.3 is 10.6 Å². The highest BCUT2D eigenvalue weighted by molar-refractivity contribution is 7.17. The van der Waals surface area contributed by atoms with Crippen LogP contribution in [-0.4, -0.2) is 16.8 Å². The summed E-state index contributed by atoms with van der Waals surface area (Å²) in [5, 5.41) is 6.43. The Morgan fingerprint density at radius 2 is 1.56 bits per heavy atom. The molecule has 1 aromatic heterocycles. The molecule has 0 radical (unpaired) electrons. The van der Waals surface area contributed by atoms with Gasteiger partial charge in [-0.15, -0.1) is 11.3 Å². The molecule has 6 heteroatoms. The molecule has 2 aromatic carbocycles. The smallest absolute Gasteiger partial charge is 0.267 e. The first-order valence-corrected chi connectivity index (χ1v) is 9.39. The third kappa shape index (κ3) is 4.41. The van der Waals surface area contributed by atoms with Crippen LogP contribution in [0.15, 0.2) is 42.5 Å². The summed E-state index contributed by atoms with van der Waals surface area (Å²) in [4.78, 5) is 28.9. The van der Waals surface area contributed by atoms with Gasteiger partial charge in [0.2, 0.25) is 5.91 Å². The van der Waals surface area contributed by atoms with Gasteiger partial charge in [-0.3, -0.25) is 9.59 Å². The average molecular weight is 379 g/mol. The van der Waals surface area contributed by atoms with Crippen molar-refractivity contribution in [1.82, 2.24) is 4.98 Å². The molecule has 0 bridgehead atoms. The summed E-state index contributed by atoms with van der Waals surface area (Å²) in [6, 6.07) is 13.2. The van der Waals surface area contributed by atoms with Crippen LogP contribution in [0, 0.1) is 20.8 Å². The van der Waals surface area contributed by atoms with E-state index in [2.05, 4.69) is 41.6 Å². The molecule has 0 spiro atoms. The van der Waals surface area contributed by atoms with Crippen LogP contribution in [0.25, 0.3) is 10.6 Å². The summed E-state index contributed by atoms with van der Waals surface area (Å²) in [6.07, 6.45) is 0. The predicted octanol–water partition coefficient (Wildman–Crippen LogP) is 4.95. The number of carbonyl (C=O) groups is 2. The molecule has 2 amide bonds. The van der Waals surface area contributed by atoms with E-state index in [9.17, 15) is 9.59 Å². The van der Waals surface area contributed by atoms with Crippen LogP contribution in [0.4, 0.5) is 11.4 Å². The van der Waals surface area contributed by atoms with E-state index in [1.165, 1.54) is 23.8 Å². The lowest BCUT2D eigenvalue weighted by Gasteiger charge is -2.06. The summed E-state index contributed by atoms with van der Waals surface area (Å²) < 4.78 is 0. The molecule has 2 N–H and O–H groups in total. The van der Waals surface area contributed by atoms with Crippen LogP contribution in [0.1, 0.15) is 33.4 Å². The molecule has 0 atom stereocenters. The van der Waals surface area contributed by atoms with Gasteiger partial charge in [0.25, 0.3) is 5.91 Å². The highest BCUT2D eigenvalue weighted by atomic mass is 32.1. The highest BCUT2D eigenvalue weighted by Gasteiger charge is 2.17. The Balaban J connectivity index is 1.79. The van der Waals surface area contributed by atoms with Crippen molar-refractivity contribution in [3.63, 3.8) is 0 Å². The summed E-state index contributed by atoms with van der Waals surface area (Å²) >= 11 is 1.39. The third-order valence-electron chi connectivity index (χ3n) is 4.08. The number of benzene rings is 2. The molecule has 1 heterocycles. The van der Waals surface area contributed by atoms with Gasteiger partial charge in [-0.2, -0.15) is 0 Å². The molecular weight excluding hydrogens is 358 g/mol. The van der Waals surface area contributed by atoms with E-state index >= 15 is 0 Å². The molecule has 0 unspecified atom stereocenters. The number of nitrogens with one attached hydrogen (secondary N) is 2. The molecule has 0 saturated heterocycles. The first-order chi connectivity index (χ1) is 12.8. The van der Waals surface area contributed by atoms with E-state index in [1.54, 1.807) is 24.3 Å². The van der Waals surface area contributed by atoms with Gasteiger partial charge in [0.15, 0.2) is 0 Å². The van der Waals surface area contributed by atoms with E-state index < -0.39 is 0 Å². The van der Waals surface area contributed by atoms with Crippen molar-refractivity contribution >= 4 is 34.5 Å². The number of hydrogen-bond donors (Lipinski definition) is 2. The van der Waals surface area contributed by atoms with Crippen LogP contribution >= 0.6 is 11.3 Å². The van der Waals surface area contributed by atoms with E-state index in [0.717, 1.165) is 16.1 Å². The van der Waals surface area contributed by atoms with Gasteiger partial charge in [0, 0.05) is 23.9 Å². The second-order valence-electron chi connectivity index (χ2n) is 6.46. The molecular formula is C21H21N3O2S. The van der Waals surface area contributed by atoms with E-state index in [0.29, 0.717) is 21.9 Å². The molecule has 138 valence electrons. The largest absolute Gasteiger partial charge is 0.326 e. The maximum atomic E-state index is 12.7. The fraction of sp³-hybridized carbons (Fsp3) is 0.190. The molecule has 0 aliphatic rings. The van der Waals surface area contributed by atoms with E-state index in [-0.39, 0.29) is 11.8 Å². The minimum absolute atomic E-state index is 0.133.